The molecule has 0 unspecified atom stereocenters. The average molecular weight is 277 g/mol. The highest BCUT2D eigenvalue weighted by molar-refractivity contribution is 6.31. The van der Waals surface area contributed by atoms with Crippen LogP contribution >= 0.6 is 11.6 Å². The van der Waals surface area contributed by atoms with E-state index < -0.39 is 12.7 Å². The standard InChI is InChI=1S/C12H12ClF3N2/c1-17-5-8-6-18(7-12(14,15)16)11-4-9(13)2-3-10(8)11/h2-4,6,17H,5,7H2,1H3. The van der Waals surface area contributed by atoms with E-state index in [9.17, 15) is 13.2 Å². The predicted molar refractivity (Wildman–Crippen MR) is 65.8 cm³/mol. The molecule has 0 amide bonds. The summed E-state index contributed by atoms with van der Waals surface area (Å²) in [7, 11) is 1.75. The lowest BCUT2D eigenvalue weighted by Gasteiger charge is -2.08. The zero-order valence-electron chi connectivity index (χ0n) is 9.68. The van der Waals surface area contributed by atoms with Gasteiger partial charge in [0.25, 0.3) is 0 Å². The van der Waals surface area contributed by atoms with Crippen LogP contribution in [0.2, 0.25) is 5.02 Å². The third-order valence-electron chi connectivity index (χ3n) is 2.64. The number of nitrogens with one attached hydrogen (secondary N) is 1. The Kier molecular flexibility index (Phi) is 3.54. The van der Waals surface area contributed by atoms with Gasteiger partial charge in [0.15, 0.2) is 0 Å². The highest BCUT2D eigenvalue weighted by Crippen LogP contribution is 2.28. The Hall–Kier alpha value is -1.20. The lowest BCUT2D eigenvalue weighted by atomic mass is 10.2. The molecule has 6 heteroatoms. The van der Waals surface area contributed by atoms with E-state index in [1.165, 1.54) is 10.8 Å². The number of benzene rings is 1. The summed E-state index contributed by atoms with van der Waals surface area (Å²) in [5.74, 6) is 0. The van der Waals surface area contributed by atoms with Gasteiger partial charge in [-0.25, -0.2) is 0 Å². The SMILES string of the molecule is CNCc1cn(CC(F)(F)F)c2cc(Cl)ccc12. The molecule has 1 N–H and O–H groups in total. The molecule has 0 atom stereocenters. The first-order chi connectivity index (χ1) is 8.40. The van der Waals surface area contributed by atoms with E-state index in [-0.39, 0.29) is 0 Å². The van der Waals surface area contributed by atoms with Crippen molar-refractivity contribution in [2.75, 3.05) is 7.05 Å². The van der Waals surface area contributed by atoms with E-state index in [0.29, 0.717) is 17.1 Å². The van der Waals surface area contributed by atoms with Gasteiger partial charge >= 0.3 is 6.18 Å². The minimum atomic E-state index is -4.24. The number of hydrogen-bond acceptors (Lipinski definition) is 1. The first kappa shape index (κ1) is 13.2. The van der Waals surface area contributed by atoms with E-state index in [0.717, 1.165) is 10.9 Å². The highest BCUT2D eigenvalue weighted by Gasteiger charge is 2.28. The van der Waals surface area contributed by atoms with Crippen molar-refractivity contribution in [1.82, 2.24) is 9.88 Å². The summed E-state index contributed by atoms with van der Waals surface area (Å²) in [6.07, 6.45) is -2.73. The summed E-state index contributed by atoms with van der Waals surface area (Å²) < 4.78 is 38.7. The van der Waals surface area contributed by atoms with Gasteiger partial charge in [-0.3, -0.25) is 0 Å². The van der Waals surface area contributed by atoms with Crippen molar-refractivity contribution < 1.29 is 13.2 Å². The van der Waals surface area contributed by atoms with E-state index in [1.54, 1.807) is 25.2 Å². The predicted octanol–water partition coefficient (Wildman–Crippen LogP) is 3.58. The third kappa shape index (κ3) is 2.79. The summed E-state index contributed by atoms with van der Waals surface area (Å²) >= 11 is 5.84. The van der Waals surface area contributed by atoms with Crippen LogP contribution in [0, 0.1) is 0 Å². The van der Waals surface area contributed by atoms with Crippen molar-refractivity contribution in [2.45, 2.75) is 19.3 Å². The van der Waals surface area contributed by atoms with Crippen LogP contribution in [-0.4, -0.2) is 17.8 Å². The number of nitrogens with zero attached hydrogens (tertiary/aromatic N) is 1. The van der Waals surface area contributed by atoms with Gasteiger partial charge < -0.3 is 9.88 Å². The number of alkyl halides is 3. The Bertz CT molecular complexity index is 560. The normalized spacial score (nSPS) is 12.3. The first-order valence-corrected chi connectivity index (χ1v) is 5.77. The second-order valence-electron chi connectivity index (χ2n) is 4.09. The molecule has 0 fully saturated rings. The van der Waals surface area contributed by atoms with E-state index >= 15 is 0 Å². The molecule has 0 saturated heterocycles. The van der Waals surface area contributed by atoms with Crippen molar-refractivity contribution in [3.63, 3.8) is 0 Å². The molecule has 0 bridgehead atoms. The van der Waals surface area contributed by atoms with Gasteiger partial charge in [0.2, 0.25) is 0 Å². The molecule has 0 aliphatic heterocycles. The summed E-state index contributed by atoms with van der Waals surface area (Å²) in [6.45, 7) is -0.490. The summed E-state index contributed by atoms with van der Waals surface area (Å²) in [5, 5.41) is 4.16. The molecule has 2 rings (SSSR count). The Morgan fingerprint density at radius 1 is 1.33 bits per heavy atom. The molecule has 0 radical (unpaired) electrons. The first-order valence-electron chi connectivity index (χ1n) is 5.39. The minimum absolute atomic E-state index is 0.431. The smallest absolute Gasteiger partial charge is 0.338 e. The fraction of sp³-hybridized carbons (Fsp3) is 0.333. The minimum Gasteiger partial charge on any atom is -0.338 e. The molecule has 2 aromatic rings. The van der Waals surface area contributed by atoms with Crippen LogP contribution in [0.4, 0.5) is 13.2 Å². The molecular formula is C12H12ClF3N2. The molecule has 2 nitrogen and oxygen atoms in total. The zero-order valence-corrected chi connectivity index (χ0v) is 10.4. The highest BCUT2D eigenvalue weighted by atomic mass is 35.5. The summed E-state index contributed by atoms with van der Waals surface area (Å²) in [6, 6.07) is 4.99. The van der Waals surface area contributed by atoms with Crippen LogP contribution in [0.1, 0.15) is 5.56 Å². The zero-order chi connectivity index (χ0) is 13.3. The van der Waals surface area contributed by atoms with E-state index in [4.69, 9.17) is 11.6 Å². The second kappa shape index (κ2) is 4.82. The number of halogens is 4. The van der Waals surface area contributed by atoms with Gasteiger partial charge in [-0.05, 0) is 24.7 Å². The van der Waals surface area contributed by atoms with Crippen molar-refractivity contribution in [3.8, 4) is 0 Å². The molecule has 1 heterocycles. The number of rotatable bonds is 3. The lowest BCUT2D eigenvalue weighted by Crippen LogP contribution is -2.16. The molecule has 18 heavy (non-hydrogen) atoms. The van der Waals surface area contributed by atoms with Gasteiger partial charge in [-0.2, -0.15) is 13.2 Å². The Morgan fingerprint density at radius 2 is 2.06 bits per heavy atom. The average Bonchev–Trinajstić information content (AvgIpc) is 2.55. The number of fused-ring (bicyclic) bond motifs is 1. The molecule has 1 aromatic heterocycles. The van der Waals surface area contributed by atoms with Crippen LogP contribution in [0.3, 0.4) is 0 Å². The second-order valence-corrected chi connectivity index (χ2v) is 4.53. The van der Waals surface area contributed by atoms with Crippen molar-refractivity contribution in [1.29, 1.82) is 0 Å². The molecule has 0 aliphatic carbocycles. The van der Waals surface area contributed by atoms with Crippen LogP contribution in [-0.2, 0) is 13.1 Å². The van der Waals surface area contributed by atoms with Crippen molar-refractivity contribution in [2.24, 2.45) is 0 Å². The Labute approximate surface area is 107 Å². The fourth-order valence-electron chi connectivity index (χ4n) is 2.00. The van der Waals surface area contributed by atoms with Crippen LogP contribution < -0.4 is 5.32 Å². The Balaban J connectivity index is 2.54. The summed E-state index contributed by atoms with van der Waals surface area (Å²) in [4.78, 5) is 0. The van der Waals surface area contributed by atoms with Crippen molar-refractivity contribution >= 4 is 22.5 Å². The molecule has 98 valence electrons. The number of hydrogen-bond donors (Lipinski definition) is 1. The van der Waals surface area contributed by atoms with Crippen LogP contribution in [0.25, 0.3) is 10.9 Å². The quantitative estimate of drug-likeness (QED) is 0.907. The lowest BCUT2D eigenvalue weighted by molar-refractivity contribution is -0.139. The maximum absolute atomic E-state index is 12.5. The third-order valence-corrected chi connectivity index (χ3v) is 2.88. The molecule has 1 aromatic carbocycles. The van der Waals surface area contributed by atoms with Gasteiger partial charge in [0.05, 0.1) is 5.52 Å². The number of aromatic nitrogens is 1. The molecule has 0 aliphatic rings. The fourth-order valence-corrected chi connectivity index (χ4v) is 2.16. The van der Waals surface area contributed by atoms with Gasteiger partial charge in [-0.1, -0.05) is 17.7 Å². The topological polar surface area (TPSA) is 17.0 Å². The molecular weight excluding hydrogens is 265 g/mol. The molecule has 0 spiro atoms. The monoisotopic (exact) mass is 276 g/mol. The van der Waals surface area contributed by atoms with Gasteiger partial charge in [-0.15, -0.1) is 0 Å². The summed E-state index contributed by atoms with van der Waals surface area (Å²) in [5.41, 5.74) is 1.33. The van der Waals surface area contributed by atoms with Crippen LogP contribution in [0.5, 0.6) is 0 Å². The van der Waals surface area contributed by atoms with Gasteiger partial charge in [0.1, 0.15) is 6.54 Å². The van der Waals surface area contributed by atoms with Gasteiger partial charge in [0, 0.05) is 23.2 Å². The van der Waals surface area contributed by atoms with E-state index in [2.05, 4.69) is 5.32 Å². The maximum Gasteiger partial charge on any atom is 0.406 e. The Morgan fingerprint density at radius 3 is 2.67 bits per heavy atom. The maximum atomic E-state index is 12.5. The van der Waals surface area contributed by atoms with Crippen LogP contribution in [0.15, 0.2) is 24.4 Å². The van der Waals surface area contributed by atoms with E-state index in [1.807, 2.05) is 0 Å². The largest absolute Gasteiger partial charge is 0.406 e. The molecule has 0 saturated carbocycles. The van der Waals surface area contributed by atoms with Crippen molar-refractivity contribution in [3.05, 3.63) is 35.0 Å².